The summed E-state index contributed by atoms with van der Waals surface area (Å²) in [5.41, 5.74) is 0.0518. The summed E-state index contributed by atoms with van der Waals surface area (Å²) in [6.45, 7) is 8.91. The summed E-state index contributed by atoms with van der Waals surface area (Å²) in [6, 6.07) is 8.12. The van der Waals surface area contributed by atoms with E-state index in [1.807, 2.05) is 44.2 Å². The second-order valence-corrected chi connectivity index (χ2v) is 9.68. The smallest absolute Gasteiger partial charge is 0.433 e. The fourth-order valence-electron chi connectivity index (χ4n) is 3.32. The molecule has 11 heteroatoms. The topological polar surface area (TPSA) is 143 Å². The van der Waals surface area contributed by atoms with Crippen molar-refractivity contribution in [3.63, 3.8) is 0 Å². The number of carbonyl (C=O) groups is 5. The van der Waals surface area contributed by atoms with Crippen LogP contribution in [0.25, 0.3) is 0 Å². The fraction of sp³-hybridized carbons (Fsp3) is 0.542. The van der Waals surface area contributed by atoms with Crippen molar-refractivity contribution in [2.24, 2.45) is 5.92 Å². The van der Waals surface area contributed by atoms with E-state index < -0.39 is 47.7 Å². The number of benzene rings is 1. The molecule has 1 aliphatic heterocycles. The van der Waals surface area contributed by atoms with Gasteiger partial charge in [-0.3, -0.25) is 19.7 Å². The molecule has 0 unspecified atom stereocenters. The Morgan fingerprint density at radius 2 is 1.54 bits per heavy atom. The summed E-state index contributed by atoms with van der Waals surface area (Å²) in [6.07, 6.45) is -2.26. The van der Waals surface area contributed by atoms with E-state index in [9.17, 15) is 24.0 Å². The van der Waals surface area contributed by atoms with Crippen molar-refractivity contribution in [1.29, 1.82) is 0 Å². The first-order chi connectivity index (χ1) is 16.3. The highest BCUT2D eigenvalue weighted by molar-refractivity contribution is 6.01. The molecular weight excluding hydrogens is 456 g/mol. The molecule has 1 fully saturated rings. The van der Waals surface area contributed by atoms with E-state index in [2.05, 4.69) is 16.0 Å². The molecule has 3 N–H and O–H groups in total. The van der Waals surface area contributed by atoms with Gasteiger partial charge in [0.25, 0.3) is 11.8 Å². The van der Waals surface area contributed by atoms with Crippen molar-refractivity contribution in [2.45, 2.75) is 78.1 Å². The highest BCUT2D eigenvalue weighted by Gasteiger charge is 2.34. The number of carbonyl (C=O) groups excluding carboxylic acids is 5. The molecule has 0 spiro atoms. The molecule has 0 radical (unpaired) electrons. The Balaban J connectivity index is 2.11. The average molecular weight is 491 g/mol. The Morgan fingerprint density at radius 1 is 0.943 bits per heavy atom. The van der Waals surface area contributed by atoms with Gasteiger partial charge in [0.1, 0.15) is 17.8 Å². The first-order valence-electron chi connectivity index (χ1n) is 11.5. The maximum absolute atomic E-state index is 13.2. The number of amides is 5. The molecule has 0 saturated carbocycles. The number of nitrogens with one attached hydrogen (secondary N) is 3. The number of imide groups is 1. The molecule has 1 heterocycles. The van der Waals surface area contributed by atoms with Crippen molar-refractivity contribution < 1.29 is 33.5 Å². The molecule has 11 nitrogen and oxygen atoms in total. The van der Waals surface area contributed by atoms with Crippen LogP contribution in [-0.4, -0.2) is 52.8 Å². The van der Waals surface area contributed by atoms with Crippen molar-refractivity contribution in [1.82, 2.24) is 21.0 Å². The van der Waals surface area contributed by atoms with Gasteiger partial charge in [0.05, 0.1) is 0 Å². The summed E-state index contributed by atoms with van der Waals surface area (Å²) in [5, 5.41) is 8.19. The van der Waals surface area contributed by atoms with Gasteiger partial charge in [-0.05, 0) is 38.7 Å². The second kappa shape index (κ2) is 12.2. The van der Waals surface area contributed by atoms with Gasteiger partial charge in [0, 0.05) is 19.3 Å². The SMILES string of the molecule is CC(C)C[C@@H](NC(=O)ON1C(=O)CCC1=O)NC(=O)[C@H](Cc1ccccc1)NC(=O)OC(C)(C)C. The Hall–Kier alpha value is -3.63. The number of hydroxylamine groups is 2. The molecule has 1 aromatic carbocycles. The van der Waals surface area contributed by atoms with Crippen LogP contribution < -0.4 is 16.0 Å². The largest absolute Gasteiger partial charge is 0.444 e. The minimum atomic E-state index is -1.06. The van der Waals surface area contributed by atoms with E-state index in [4.69, 9.17) is 9.57 Å². The van der Waals surface area contributed by atoms with Crippen molar-refractivity contribution in [3.8, 4) is 0 Å². The zero-order chi connectivity index (χ0) is 26.2. The number of hydrogen-bond donors (Lipinski definition) is 3. The quantitative estimate of drug-likeness (QED) is 0.356. The minimum absolute atomic E-state index is 0.0320. The van der Waals surface area contributed by atoms with Gasteiger partial charge in [-0.2, -0.15) is 0 Å². The van der Waals surface area contributed by atoms with E-state index in [-0.39, 0.29) is 25.2 Å². The average Bonchev–Trinajstić information content (AvgIpc) is 3.04. The van der Waals surface area contributed by atoms with Crippen molar-refractivity contribution in [3.05, 3.63) is 35.9 Å². The van der Waals surface area contributed by atoms with Crippen LogP contribution in [0.15, 0.2) is 30.3 Å². The first kappa shape index (κ1) is 27.6. The molecule has 192 valence electrons. The predicted molar refractivity (Wildman–Crippen MR) is 125 cm³/mol. The van der Waals surface area contributed by atoms with Crippen LogP contribution in [0.2, 0.25) is 0 Å². The number of nitrogens with zero attached hydrogens (tertiary/aromatic N) is 1. The number of ether oxygens (including phenoxy) is 1. The maximum atomic E-state index is 13.2. The third-order valence-electron chi connectivity index (χ3n) is 4.79. The maximum Gasteiger partial charge on any atom is 0.433 e. The van der Waals surface area contributed by atoms with Crippen LogP contribution >= 0.6 is 0 Å². The molecule has 5 amide bonds. The third kappa shape index (κ3) is 9.63. The normalized spacial score (nSPS) is 15.4. The van der Waals surface area contributed by atoms with Crippen molar-refractivity contribution >= 4 is 29.9 Å². The van der Waals surface area contributed by atoms with E-state index in [0.29, 0.717) is 11.5 Å². The highest BCUT2D eigenvalue weighted by Crippen LogP contribution is 2.13. The lowest BCUT2D eigenvalue weighted by Gasteiger charge is -2.27. The monoisotopic (exact) mass is 490 g/mol. The van der Waals surface area contributed by atoms with Crippen LogP contribution in [0.5, 0.6) is 0 Å². The van der Waals surface area contributed by atoms with Crippen LogP contribution in [-0.2, 0) is 30.4 Å². The van der Waals surface area contributed by atoms with E-state index in [0.717, 1.165) is 5.56 Å². The lowest BCUT2D eigenvalue weighted by molar-refractivity contribution is -0.171. The molecule has 1 saturated heterocycles. The van der Waals surface area contributed by atoms with Crippen molar-refractivity contribution in [2.75, 3.05) is 0 Å². The molecule has 1 aromatic rings. The standard InChI is InChI=1S/C24H34N4O7/c1-15(2)13-18(27-23(33)35-28-19(29)11-12-20(28)30)26-21(31)17(14-16-9-7-6-8-10-16)25-22(32)34-24(3,4)5/h6-10,15,17-18H,11-14H2,1-5H3,(H,25,32)(H,26,31)(H,27,33)/t17-,18+/m0/s1. The number of rotatable bonds is 9. The van der Waals surface area contributed by atoms with Gasteiger partial charge in [-0.15, -0.1) is 5.06 Å². The summed E-state index contributed by atoms with van der Waals surface area (Å²) < 4.78 is 5.30. The number of hydrogen-bond acceptors (Lipinski definition) is 7. The van der Waals surface area contributed by atoms with Crippen LogP contribution in [0.4, 0.5) is 9.59 Å². The lowest BCUT2D eigenvalue weighted by atomic mass is 10.0. The molecule has 0 aliphatic carbocycles. The Morgan fingerprint density at radius 3 is 2.09 bits per heavy atom. The fourth-order valence-corrected chi connectivity index (χ4v) is 3.32. The van der Waals surface area contributed by atoms with Gasteiger partial charge in [-0.1, -0.05) is 44.2 Å². The van der Waals surface area contributed by atoms with Gasteiger partial charge in [-0.25, -0.2) is 9.59 Å². The summed E-state index contributed by atoms with van der Waals surface area (Å²) in [5.74, 6) is -1.72. The lowest BCUT2D eigenvalue weighted by Crippen LogP contribution is -2.56. The second-order valence-electron chi connectivity index (χ2n) is 9.68. The van der Waals surface area contributed by atoms with Gasteiger partial charge >= 0.3 is 12.2 Å². The molecule has 0 aromatic heterocycles. The first-order valence-corrected chi connectivity index (χ1v) is 11.5. The van der Waals surface area contributed by atoms with Gasteiger partial charge in [0.2, 0.25) is 5.91 Å². The number of alkyl carbamates (subject to hydrolysis) is 1. The molecule has 35 heavy (non-hydrogen) atoms. The highest BCUT2D eigenvalue weighted by atomic mass is 16.7. The molecule has 2 rings (SSSR count). The molecule has 0 bridgehead atoms. The Labute approximate surface area is 204 Å². The van der Waals surface area contributed by atoms with E-state index in [1.165, 1.54) is 0 Å². The molecule has 1 aliphatic rings. The Kier molecular flexibility index (Phi) is 9.61. The zero-order valence-corrected chi connectivity index (χ0v) is 20.8. The Bertz CT molecular complexity index is 912. The minimum Gasteiger partial charge on any atom is -0.444 e. The molecular formula is C24H34N4O7. The van der Waals surface area contributed by atoms with Gasteiger partial charge < -0.3 is 20.2 Å². The third-order valence-corrected chi connectivity index (χ3v) is 4.79. The van der Waals surface area contributed by atoms with Gasteiger partial charge in [0.15, 0.2) is 0 Å². The zero-order valence-electron chi connectivity index (χ0n) is 20.8. The summed E-state index contributed by atoms with van der Waals surface area (Å²) >= 11 is 0. The van der Waals surface area contributed by atoms with E-state index >= 15 is 0 Å². The predicted octanol–water partition coefficient (Wildman–Crippen LogP) is 2.40. The van der Waals surface area contributed by atoms with Crippen LogP contribution in [0, 0.1) is 5.92 Å². The summed E-state index contributed by atoms with van der Waals surface area (Å²) in [4.78, 5) is 66.2. The van der Waals surface area contributed by atoms with Crippen LogP contribution in [0.3, 0.4) is 0 Å². The summed E-state index contributed by atoms with van der Waals surface area (Å²) in [7, 11) is 0. The van der Waals surface area contributed by atoms with E-state index in [1.54, 1.807) is 20.8 Å². The molecule has 2 atom stereocenters. The van der Waals surface area contributed by atoms with Crippen LogP contribution in [0.1, 0.15) is 59.4 Å².